The van der Waals surface area contributed by atoms with Crippen molar-refractivity contribution in [2.75, 3.05) is 26.5 Å². The number of benzene rings is 1. The number of carbonyl (C=O) groups excluding carboxylic acids is 1. The number of ether oxygens (including phenoxy) is 3. The zero-order chi connectivity index (χ0) is 19.7. The van der Waals surface area contributed by atoms with Crippen molar-refractivity contribution in [2.24, 2.45) is 0 Å². The molecule has 2 heterocycles. The van der Waals surface area contributed by atoms with Crippen LogP contribution in [-0.2, 0) is 30.9 Å². The number of carboxylic acid groups (broad SMARTS) is 1. The Kier molecular flexibility index (Phi) is 4.94. The van der Waals surface area contributed by atoms with Crippen LogP contribution in [0.3, 0.4) is 0 Å². The summed E-state index contributed by atoms with van der Waals surface area (Å²) in [5.74, 6) is 1.18. The molecule has 1 aromatic carbocycles. The third kappa shape index (κ3) is 3.20. The molecule has 2 fully saturated rings. The van der Waals surface area contributed by atoms with Gasteiger partial charge >= 0.3 is 11.9 Å². The second-order valence-electron chi connectivity index (χ2n) is 7.32. The van der Waals surface area contributed by atoms with Crippen molar-refractivity contribution >= 4 is 11.9 Å². The highest BCUT2D eigenvalue weighted by Gasteiger charge is 2.55. The molecule has 1 aromatic rings. The Labute approximate surface area is 162 Å². The molecule has 0 aromatic heterocycles. The Morgan fingerprint density at radius 2 is 2.29 bits per heavy atom. The number of carbonyl (C=O) groups is 2. The van der Waals surface area contributed by atoms with Gasteiger partial charge in [0, 0.05) is 30.2 Å². The van der Waals surface area contributed by atoms with Crippen LogP contribution in [0.1, 0.15) is 17.5 Å². The first kappa shape index (κ1) is 18.7. The molecule has 28 heavy (non-hydrogen) atoms. The number of nitrogens with zero attached hydrogens (tertiary/aromatic N) is 1. The summed E-state index contributed by atoms with van der Waals surface area (Å²) in [7, 11) is 0. The van der Waals surface area contributed by atoms with Crippen molar-refractivity contribution in [3.05, 3.63) is 41.5 Å². The van der Waals surface area contributed by atoms with E-state index < -0.39 is 11.9 Å². The fourth-order valence-electron chi connectivity index (χ4n) is 4.67. The number of aliphatic carboxylic acids is 1. The van der Waals surface area contributed by atoms with E-state index in [2.05, 4.69) is 10.8 Å². The van der Waals surface area contributed by atoms with Gasteiger partial charge in [-0.15, -0.1) is 6.42 Å². The Bertz CT molecular complexity index is 872. The third-order valence-electron chi connectivity index (χ3n) is 5.82. The molecule has 3 atom stereocenters. The van der Waals surface area contributed by atoms with E-state index in [0.717, 1.165) is 42.7 Å². The van der Waals surface area contributed by atoms with Gasteiger partial charge in [0.15, 0.2) is 0 Å². The average Bonchev–Trinajstić information content (AvgIpc) is 2.69. The number of carboxylic acids is 1. The molecule has 7 nitrogen and oxygen atoms in total. The quantitative estimate of drug-likeness (QED) is 0.361. The maximum Gasteiger partial charge on any atom is 0.336 e. The minimum absolute atomic E-state index is 0.0336. The van der Waals surface area contributed by atoms with Gasteiger partial charge in [-0.05, 0) is 36.1 Å². The van der Waals surface area contributed by atoms with Gasteiger partial charge in [-0.1, -0.05) is 12.0 Å². The molecule has 4 rings (SSSR count). The van der Waals surface area contributed by atoms with Crippen LogP contribution in [0, 0.1) is 12.3 Å². The predicted molar refractivity (Wildman–Crippen MR) is 98.7 cm³/mol. The van der Waals surface area contributed by atoms with Crippen molar-refractivity contribution in [1.29, 1.82) is 0 Å². The van der Waals surface area contributed by atoms with Crippen molar-refractivity contribution in [1.82, 2.24) is 4.90 Å². The molecule has 146 valence electrons. The van der Waals surface area contributed by atoms with Crippen molar-refractivity contribution in [3.63, 3.8) is 0 Å². The van der Waals surface area contributed by atoms with E-state index in [1.54, 1.807) is 6.07 Å². The van der Waals surface area contributed by atoms with Crippen molar-refractivity contribution < 1.29 is 28.9 Å². The Morgan fingerprint density at radius 3 is 3.07 bits per heavy atom. The van der Waals surface area contributed by atoms with Gasteiger partial charge in [-0.3, -0.25) is 4.90 Å². The maximum atomic E-state index is 11.8. The molecular formula is C21H21NO6. The minimum Gasteiger partial charge on any atom is -0.478 e. The molecule has 1 aliphatic carbocycles. The van der Waals surface area contributed by atoms with Gasteiger partial charge in [0.25, 0.3) is 0 Å². The SMILES string of the molecule is C#CCN1CC[C@]23COCO[C@H]2[C@H]1Cc1ccc(OC(=O)/C=C/C(=O)O)cc13. The highest BCUT2D eigenvalue weighted by molar-refractivity contribution is 5.91. The van der Waals surface area contributed by atoms with Crippen LogP contribution in [0.15, 0.2) is 30.4 Å². The lowest BCUT2D eigenvalue weighted by Crippen LogP contribution is -2.67. The topological polar surface area (TPSA) is 85.3 Å². The van der Waals surface area contributed by atoms with Gasteiger partial charge in [0.05, 0.1) is 19.3 Å². The number of esters is 1. The molecular weight excluding hydrogens is 362 g/mol. The lowest BCUT2D eigenvalue weighted by atomic mass is 9.62. The van der Waals surface area contributed by atoms with Gasteiger partial charge < -0.3 is 19.3 Å². The van der Waals surface area contributed by atoms with E-state index in [1.807, 2.05) is 12.1 Å². The molecule has 0 unspecified atom stereocenters. The molecule has 2 bridgehead atoms. The highest BCUT2D eigenvalue weighted by atomic mass is 16.7. The summed E-state index contributed by atoms with van der Waals surface area (Å²) in [4.78, 5) is 24.7. The molecule has 3 aliphatic rings. The van der Waals surface area contributed by atoms with E-state index in [0.29, 0.717) is 18.9 Å². The summed E-state index contributed by atoms with van der Waals surface area (Å²) in [6.07, 6.45) is 8.80. The van der Waals surface area contributed by atoms with Crippen LogP contribution in [0.2, 0.25) is 0 Å². The van der Waals surface area contributed by atoms with Crippen LogP contribution in [-0.4, -0.2) is 60.6 Å². The van der Waals surface area contributed by atoms with Crippen molar-refractivity contribution in [3.8, 4) is 18.1 Å². The number of terminal acetylenes is 1. The first-order valence-electron chi connectivity index (χ1n) is 9.16. The predicted octanol–water partition coefficient (Wildman–Crippen LogP) is 1.11. The van der Waals surface area contributed by atoms with Gasteiger partial charge in [-0.25, -0.2) is 9.59 Å². The summed E-state index contributed by atoms with van der Waals surface area (Å²) in [6.45, 7) is 2.24. The molecule has 0 spiro atoms. The summed E-state index contributed by atoms with van der Waals surface area (Å²) in [5, 5.41) is 8.63. The number of likely N-dealkylation sites (tertiary alicyclic amines) is 1. The zero-order valence-electron chi connectivity index (χ0n) is 15.3. The zero-order valence-corrected chi connectivity index (χ0v) is 15.3. The second kappa shape index (κ2) is 7.40. The summed E-state index contributed by atoms with van der Waals surface area (Å²) >= 11 is 0. The molecule has 0 radical (unpaired) electrons. The van der Waals surface area contributed by atoms with Gasteiger partial charge in [-0.2, -0.15) is 0 Å². The van der Waals surface area contributed by atoms with E-state index in [-0.39, 0.29) is 24.4 Å². The van der Waals surface area contributed by atoms with Gasteiger partial charge in [0.2, 0.25) is 0 Å². The lowest BCUT2D eigenvalue weighted by Gasteiger charge is -2.57. The summed E-state index contributed by atoms with van der Waals surface area (Å²) in [6, 6.07) is 5.74. The highest BCUT2D eigenvalue weighted by Crippen LogP contribution is 2.49. The first-order chi connectivity index (χ1) is 13.5. The Morgan fingerprint density at radius 1 is 1.43 bits per heavy atom. The smallest absolute Gasteiger partial charge is 0.336 e. The average molecular weight is 383 g/mol. The largest absolute Gasteiger partial charge is 0.478 e. The van der Waals surface area contributed by atoms with Crippen LogP contribution in [0.25, 0.3) is 0 Å². The van der Waals surface area contributed by atoms with Crippen molar-refractivity contribution in [2.45, 2.75) is 30.4 Å². The molecule has 2 aliphatic heterocycles. The number of fused-ring (bicyclic) bond motifs is 1. The molecule has 7 heteroatoms. The second-order valence-corrected chi connectivity index (χ2v) is 7.32. The molecule has 0 saturated carbocycles. The fourth-order valence-corrected chi connectivity index (χ4v) is 4.67. The summed E-state index contributed by atoms with van der Waals surface area (Å²) in [5.41, 5.74) is 1.93. The minimum atomic E-state index is -1.20. The number of hydrogen-bond acceptors (Lipinski definition) is 6. The fraction of sp³-hybridized carbons (Fsp3) is 0.429. The van der Waals surface area contributed by atoms with Crippen LogP contribution in [0.4, 0.5) is 0 Å². The van der Waals surface area contributed by atoms with E-state index >= 15 is 0 Å². The molecule has 1 N–H and O–H groups in total. The Hall–Kier alpha value is -2.66. The van der Waals surface area contributed by atoms with Gasteiger partial charge in [0.1, 0.15) is 12.5 Å². The number of hydrogen-bond donors (Lipinski definition) is 1. The Balaban J connectivity index is 1.66. The molecule has 2 saturated heterocycles. The van der Waals surface area contributed by atoms with Crippen LogP contribution < -0.4 is 4.74 Å². The maximum absolute atomic E-state index is 11.8. The standard InChI is InChI=1S/C21H21NO6/c1-2-8-22-9-7-21-12-26-13-27-20(21)17(22)10-14-3-4-15(11-16(14)21)28-19(25)6-5-18(23)24/h1,3-6,11,17,20H,7-10,12-13H2,(H,23,24)/b6-5+/t17-,20+,21-/m1/s1. The van der Waals surface area contributed by atoms with Crippen LogP contribution in [0.5, 0.6) is 5.75 Å². The van der Waals surface area contributed by atoms with E-state index in [9.17, 15) is 9.59 Å². The lowest BCUT2D eigenvalue weighted by molar-refractivity contribution is -0.221. The van der Waals surface area contributed by atoms with E-state index in [4.69, 9.17) is 25.7 Å². The monoisotopic (exact) mass is 383 g/mol. The normalized spacial score (nSPS) is 28.8. The van der Waals surface area contributed by atoms with Crippen LogP contribution >= 0.6 is 0 Å². The number of rotatable bonds is 4. The third-order valence-corrected chi connectivity index (χ3v) is 5.82. The summed E-state index contributed by atoms with van der Waals surface area (Å²) < 4.78 is 17.0. The van der Waals surface area contributed by atoms with E-state index in [1.165, 1.54) is 0 Å². The first-order valence-corrected chi connectivity index (χ1v) is 9.16. The number of piperidine rings is 1. The molecule has 0 amide bonds.